The molecule has 144 valence electrons. The van der Waals surface area contributed by atoms with Gasteiger partial charge in [0.1, 0.15) is 17.9 Å². The monoisotopic (exact) mass is 414 g/mol. The van der Waals surface area contributed by atoms with Crippen LogP contribution in [0.4, 0.5) is 5.13 Å². The van der Waals surface area contributed by atoms with Gasteiger partial charge in [0.15, 0.2) is 4.77 Å². The SMILES string of the molecule is CCn1c(O)c(/C=N/c2nc3c(s2)COc2ccccc2-3)c(=O)n(CC)c1=S. The second-order valence-corrected chi connectivity index (χ2v) is 7.55. The lowest BCUT2D eigenvalue weighted by Gasteiger charge is -2.15. The summed E-state index contributed by atoms with van der Waals surface area (Å²) < 4.78 is 9.00. The topological polar surface area (TPSA) is 81.6 Å². The maximum atomic E-state index is 12.7. The van der Waals surface area contributed by atoms with Gasteiger partial charge in [-0.1, -0.05) is 23.5 Å². The van der Waals surface area contributed by atoms with E-state index >= 15 is 0 Å². The zero-order valence-electron chi connectivity index (χ0n) is 15.4. The smallest absolute Gasteiger partial charge is 0.267 e. The van der Waals surface area contributed by atoms with E-state index in [0.717, 1.165) is 21.9 Å². The zero-order chi connectivity index (χ0) is 19.8. The first-order valence-electron chi connectivity index (χ1n) is 8.87. The van der Waals surface area contributed by atoms with E-state index in [1.165, 1.54) is 26.7 Å². The predicted octanol–water partition coefficient (Wildman–Crippen LogP) is 3.89. The zero-order valence-corrected chi connectivity index (χ0v) is 17.0. The maximum Gasteiger partial charge on any atom is 0.267 e. The van der Waals surface area contributed by atoms with Crippen LogP contribution in [-0.2, 0) is 19.7 Å². The van der Waals surface area contributed by atoms with Crippen molar-refractivity contribution in [3.05, 3.63) is 49.8 Å². The van der Waals surface area contributed by atoms with Gasteiger partial charge in [-0.3, -0.25) is 13.9 Å². The van der Waals surface area contributed by atoms with Gasteiger partial charge in [0.05, 0.1) is 10.6 Å². The van der Waals surface area contributed by atoms with E-state index in [2.05, 4.69) is 9.98 Å². The van der Waals surface area contributed by atoms with Gasteiger partial charge in [-0.15, -0.1) is 0 Å². The number of hydrogen-bond acceptors (Lipinski definition) is 7. The Morgan fingerprint density at radius 1 is 1.32 bits per heavy atom. The molecule has 0 unspecified atom stereocenters. The highest BCUT2D eigenvalue weighted by Crippen LogP contribution is 2.41. The van der Waals surface area contributed by atoms with Crippen LogP contribution in [0.25, 0.3) is 11.3 Å². The Kier molecular flexibility index (Phi) is 4.86. The quantitative estimate of drug-likeness (QED) is 0.517. The number of hydrogen-bond donors (Lipinski definition) is 1. The van der Waals surface area contributed by atoms with Crippen LogP contribution in [0.1, 0.15) is 24.3 Å². The van der Waals surface area contributed by atoms with Crippen LogP contribution in [0, 0.1) is 4.77 Å². The van der Waals surface area contributed by atoms with E-state index in [9.17, 15) is 9.90 Å². The van der Waals surface area contributed by atoms with Crippen molar-refractivity contribution >= 4 is 34.9 Å². The average Bonchev–Trinajstić information content (AvgIpc) is 3.12. The van der Waals surface area contributed by atoms with E-state index in [0.29, 0.717) is 29.6 Å². The molecule has 4 rings (SSSR count). The molecular formula is C19H18N4O3S2. The third kappa shape index (κ3) is 2.96. The highest BCUT2D eigenvalue weighted by Gasteiger charge is 2.21. The number of rotatable bonds is 4. The number of ether oxygens (including phenoxy) is 1. The number of fused-ring (bicyclic) bond motifs is 3. The van der Waals surface area contributed by atoms with Gasteiger partial charge in [0.25, 0.3) is 5.56 Å². The molecule has 2 aromatic heterocycles. The second kappa shape index (κ2) is 7.33. The van der Waals surface area contributed by atoms with E-state index in [-0.39, 0.29) is 17.0 Å². The lowest BCUT2D eigenvalue weighted by Crippen LogP contribution is -2.27. The van der Waals surface area contributed by atoms with Crippen LogP contribution in [-0.4, -0.2) is 25.4 Å². The number of aromatic nitrogens is 3. The molecule has 28 heavy (non-hydrogen) atoms. The molecule has 0 amide bonds. The van der Waals surface area contributed by atoms with E-state index in [1.54, 1.807) is 0 Å². The van der Waals surface area contributed by atoms with Crippen LogP contribution in [0.15, 0.2) is 34.1 Å². The summed E-state index contributed by atoms with van der Waals surface area (Å²) in [6.45, 7) is 4.99. The van der Waals surface area contributed by atoms with Crippen molar-refractivity contribution < 1.29 is 9.84 Å². The van der Waals surface area contributed by atoms with Crippen molar-refractivity contribution in [3.63, 3.8) is 0 Å². The Hall–Kier alpha value is -2.78. The number of benzene rings is 1. The fraction of sp³-hybridized carbons (Fsp3) is 0.263. The Bertz CT molecular complexity index is 1210. The van der Waals surface area contributed by atoms with Gasteiger partial charge in [-0.05, 0) is 38.2 Å². The van der Waals surface area contributed by atoms with Crippen LogP contribution >= 0.6 is 23.6 Å². The summed E-state index contributed by atoms with van der Waals surface area (Å²) in [4.78, 5) is 22.6. The number of thiazole rings is 1. The minimum absolute atomic E-state index is 0.0992. The largest absolute Gasteiger partial charge is 0.494 e. The Morgan fingerprint density at radius 3 is 2.82 bits per heavy atom. The van der Waals surface area contributed by atoms with Crippen molar-refractivity contribution in [3.8, 4) is 22.9 Å². The summed E-state index contributed by atoms with van der Waals surface area (Å²) in [7, 11) is 0. The Balaban J connectivity index is 1.77. The lowest BCUT2D eigenvalue weighted by atomic mass is 10.1. The highest BCUT2D eigenvalue weighted by molar-refractivity contribution is 7.71. The molecule has 0 bridgehead atoms. The van der Waals surface area contributed by atoms with Gasteiger partial charge in [0, 0.05) is 24.9 Å². The van der Waals surface area contributed by atoms with E-state index < -0.39 is 0 Å². The summed E-state index contributed by atoms with van der Waals surface area (Å²) in [5, 5.41) is 11.0. The normalized spacial score (nSPS) is 12.6. The molecule has 0 spiro atoms. The van der Waals surface area contributed by atoms with Gasteiger partial charge in [0.2, 0.25) is 11.0 Å². The highest BCUT2D eigenvalue weighted by atomic mass is 32.1. The third-order valence-electron chi connectivity index (χ3n) is 4.56. The first-order chi connectivity index (χ1) is 13.5. The van der Waals surface area contributed by atoms with Gasteiger partial charge in [-0.2, -0.15) is 0 Å². The molecular weight excluding hydrogens is 396 g/mol. The number of nitrogens with zero attached hydrogens (tertiary/aromatic N) is 4. The number of para-hydroxylation sites is 1. The molecule has 9 heteroatoms. The van der Waals surface area contributed by atoms with Crippen LogP contribution in [0.5, 0.6) is 11.6 Å². The molecule has 1 aliphatic rings. The average molecular weight is 415 g/mol. The summed E-state index contributed by atoms with van der Waals surface area (Å²) in [5.74, 6) is 0.616. The minimum atomic E-state index is -0.367. The molecule has 0 saturated carbocycles. The molecule has 1 aliphatic heterocycles. The molecule has 0 atom stereocenters. The predicted molar refractivity (Wildman–Crippen MR) is 112 cm³/mol. The first kappa shape index (κ1) is 18.6. The van der Waals surface area contributed by atoms with Gasteiger partial charge < -0.3 is 9.84 Å². The standard InChI is InChI=1S/C19H18N4O3S2/c1-3-22-16(24)12(17(25)23(4-2)19(22)27)9-20-18-21-15-11-7-5-6-8-13(11)26-10-14(15)28-18/h5-9,24H,3-4,10H2,1-2H3/b20-9+. The van der Waals surface area contributed by atoms with Crippen LogP contribution in [0.3, 0.4) is 0 Å². The Morgan fingerprint density at radius 2 is 2.07 bits per heavy atom. The molecule has 0 radical (unpaired) electrons. The molecule has 0 fully saturated rings. The number of aliphatic imine (C=N–C) groups is 1. The first-order valence-corrected chi connectivity index (χ1v) is 10.1. The van der Waals surface area contributed by atoms with Gasteiger partial charge >= 0.3 is 0 Å². The molecule has 3 aromatic rings. The molecule has 1 aromatic carbocycles. The fourth-order valence-electron chi connectivity index (χ4n) is 3.14. The lowest BCUT2D eigenvalue weighted by molar-refractivity contribution is 0.305. The molecule has 0 aliphatic carbocycles. The van der Waals surface area contributed by atoms with Crippen molar-refractivity contribution in [1.82, 2.24) is 14.1 Å². The molecule has 0 saturated heterocycles. The summed E-state index contributed by atoms with van der Waals surface area (Å²) in [5.41, 5.74) is 1.51. The van der Waals surface area contributed by atoms with Crippen molar-refractivity contribution in [2.75, 3.05) is 0 Å². The van der Waals surface area contributed by atoms with E-state index in [4.69, 9.17) is 17.0 Å². The second-order valence-electron chi connectivity index (χ2n) is 6.12. The van der Waals surface area contributed by atoms with Crippen LogP contribution < -0.4 is 10.3 Å². The van der Waals surface area contributed by atoms with Crippen molar-refractivity contribution in [2.45, 2.75) is 33.5 Å². The fourth-order valence-corrected chi connectivity index (χ4v) is 4.40. The Labute approximate surface area is 170 Å². The minimum Gasteiger partial charge on any atom is -0.494 e. The van der Waals surface area contributed by atoms with Crippen LogP contribution in [0.2, 0.25) is 0 Å². The summed E-state index contributed by atoms with van der Waals surface area (Å²) in [6, 6.07) is 7.72. The van der Waals surface area contributed by atoms with Crippen molar-refractivity contribution in [1.29, 1.82) is 0 Å². The summed E-state index contributed by atoms with van der Waals surface area (Å²) in [6.07, 6.45) is 1.36. The maximum absolute atomic E-state index is 12.7. The number of aromatic hydroxyl groups is 1. The van der Waals surface area contributed by atoms with Crippen molar-refractivity contribution in [2.24, 2.45) is 4.99 Å². The molecule has 3 heterocycles. The third-order valence-corrected chi connectivity index (χ3v) is 5.94. The van der Waals surface area contributed by atoms with Gasteiger partial charge in [-0.25, -0.2) is 9.98 Å². The summed E-state index contributed by atoms with van der Waals surface area (Å²) >= 11 is 6.70. The van der Waals surface area contributed by atoms with E-state index in [1.807, 2.05) is 38.1 Å². The molecule has 7 nitrogen and oxygen atoms in total. The molecule has 1 N–H and O–H groups in total.